The molecule has 0 bridgehead atoms. The predicted octanol–water partition coefficient (Wildman–Crippen LogP) is 4.70. The van der Waals surface area contributed by atoms with Crippen LogP contribution in [0.1, 0.15) is 64.5 Å². The summed E-state index contributed by atoms with van der Waals surface area (Å²) in [7, 11) is 0. The predicted molar refractivity (Wildman–Crippen MR) is 89.1 cm³/mol. The van der Waals surface area contributed by atoms with Crippen LogP contribution < -0.4 is 5.73 Å². The van der Waals surface area contributed by atoms with Crippen molar-refractivity contribution < 1.29 is 4.74 Å². The van der Waals surface area contributed by atoms with E-state index in [9.17, 15) is 0 Å². The first kappa shape index (κ1) is 16.5. The molecule has 1 aliphatic carbocycles. The van der Waals surface area contributed by atoms with Gasteiger partial charge in [0, 0.05) is 0 Å². The molecule has 0 aromatic heterocycles. The van der Waals surface area contributed by atoms with Gasteiger partial charge in [-0.3, -0.25) is 0 Å². The van der Waals surface area contributed by atoms with E-state index in [-0.39, 0.29) is 12.1 Å². The average Bonchev–Trinajstić information content (AvgIpc) is 2.52. The maximum absolute atomic E-state index is 6.50. The van der Waals surface area contributed by atoms with Crippen LogP contribution in [-0.2, 0) is 4.74 Å². The number of hydrogen-bond donors (Lipinski definition) is 1. The minimum absolute atomic E-state index is 0.0341. The summed E-state index contributed by atoms with van der Waals surface area (Å²) in [6, 6.07) is 10.3. The molecule has 0 amide bonds. The van der Waals surface area contributed by atoms with E-state index in [0.717, 1.165) is 5.92 Å². The Morgan fingerprint density at radius 2 is 1.90 bits per heavy atom. The normalized spacial score (nSPS) is 25.8. The minimum Gasteiger partial charge on any atom is -0.373 e. The largest absolute Gasteiger partial charge is 0.373 e. The second-order valence-electron chi connectivity index (χ2n) is 6.84. The maximum atomic E-state index is 6.50. The zero-order valence-corrected chi connectivity index (χ0v) is 13.8. The van der Waals surface area contributed by atoms with E-state index in [1.807, 2.05) is 6.07 Å². The van der Waals surface area contributed by atoms with Crippen LogP contribution in [0, 0.1) is 11.8 Å². The molecule has 4 atom stereocenters. The molecule has 1 aliphatic rings. The second-order valence-corrected chi connectivity index (χ2v) is 6.84. The summed E-state index contributed by atoms with van der Waals surface area (Å²) >= 11 is 0. The zero-order valence-electron chi connectivity index (χ0n) is 13.8. The van der Waals surface area contributed by atoms with Gasteiger partial charge in [0.15, 0.2) is 0 Å². The minimum atomic E-state index is -0.0341. The molecule has 2 nitrogen and oxygen atoms in total. The number of rotatable bonds is 6. The summed E-state index contributed by atoms with van der Waals surface area (Å²) in [6.07, 6.45) is 6.85. The highest BCUT2D eigenvalue weighted by atomic mass is 16.5. The molecule has 4 unspecified atom stereocenters. The van der Waals surface area contributed by atoms with E-state index in [1.54, 1.807) is 0 Å². The molecule has 1 saturated carbocycles. The molecular formula is C19H31NO. The summed E-state index contributed by atoms with van der Waals surface area (Å²) < 4.78 is 6.48. The fourth-order valence-electron chi connectivity index (χ4n) is 3.48. The van der Waals surface area contributed by atoms with E-state index in [2.05, 4.69) is 45.0 Å². The lowest BCUT2D eigenvalue weighted by Gasteiger charge is -2.35. The summed E-state index contributed by atoms with van der Waals surface area (Å²) in [6.45, 7) is 6.73. The van der Waals surface area contributed by atoms with Gasteiger partial charge in [0.1, 0.15) is 0 Å². The zero-order chi connectivity index (χ0) is 15.2. The van der Waals surface area contributed by atoms with Gasteiger partial charge in [-0.25, -0.2) is 0 Å². The lowest BCUT2D eigenvalue weighted by atomic mass is 9.85. The molecule has 0 heterocycles. The van der Waals surface area contributed by atoms with Crippen molar-refractivity contribution in [2.24, 2.45) is 17.6 Å². The van der Waals surface area contributed by atoms with Crippen molar-refractivity contribution in [2.45, 2.75) is 71.1 Å². The van der Waals surface area contributed by atoms with Gasteiger partial charge in [0.05, 0.1) is 18.2 Å². The lowest BCUT2D eigenvalue weighted by molar-refractivity contribution is -0.0713. The molecule has 2 rings (SSSR count). The molecule has 0 saturated heterocycles. The molecule has 0 spiro atoms. The topological polar surface area (TPSA) is 35.2 Å². The van der Waals surface area contributed by atoms with Crippen molar-refractivity contribution in [1.29, 1.82) is 0 Å². The van der Waals surface area contributed by atoms with E-state index < -0.39 is 0 Å². The van der Waals surface area contributed by atoms with E-state index in [1.165, 1.54) is 37.7 Å². The van der Waals surface area contributed by atoms with Gasteiger partial charge in [0.25, 0.3) is 0 Å². The highest BCUT2D eigenvalue weighted by molar-refractivity contribution is 5.19. The van der Waals surface area contributed by atoms with Crippen LogP contribution in [0.2, 0.25) is 0 Å². The van der Waals surface area contributed by atoms with E-state index >= 15 is 0 Å². The monoisotopic (exact) mass is 289 g/mol. The molecule has 21 heavy (non-hydrogen) atoms. The van der Waals surface area contributed by atoms with Crippen molar-refractivity contribution in [3.8, 4) is 0 Å². The summed E-state index contributed by atoms with van der Waals surface area (Å²) in [5, 5.41) is 0. The quantitative estimate of drug-likeness (QED) is 0.824. The molecule has 0 radical (unpaired) electrons. The first-order chi connectivity index (χ1) is 10.1. The third-order valence-electron chi connectivity index (χ3n) is 4.86. The third kappa shape index (κ3) is 4.55. The molecule has 2 N–H and O–H groups in total. The van der Waals surface area contributed by atoms with Crippen molar-refractivity contribution in [1.82, 2.24) is 0 Å². The number of ether oxygens (including phenoxy) is 1. The average molecular weight is 289 g/mol. The lowest BCUT2D eigenvalue weighted by Crippen LogP contribution is -2.38. The van der Waals surface area contributed by atoms with Crippen LogP contribution in [0.15, 0.2) is 30.3 Å². The van der Waals surface area contributed by atoms with Crippen molar-refractivity contribution in [3.05, 3.63) is 35.9 Å². The molecule has 0 aliphatic heterocycles. The standard InChI is InChI=1S/C19H31NO/c1-4-15-9-8-12-17(13-15)21-19(14(2)3)18(20)16-10-6-5-7-11-16/h5-7,10-11,14-15,17-19H,4,8-9,12-13,20H2,1-3H3. The summed E-state index contributed by atoms with van der Waals surface area (Å²) in [4.78, 5) is 0. The van der Waals surface area contributed by atoms with Crippen LogP contribution in [0.25, 0.3) is 0 Å². The Bertz CT molecular complexity index is 403. The highest BCUT2D eigenvalue weighted by Gasteiger charge is 2.29. The van der Waals surface area contributed by atoms with Crippen molar-refractivity contribution >= 4 is 0 Å². The van der Waals surface area contributed by atoms with Gasteiger partial charge in [-0.15, -0.1) is 0 Å². The Balaban J connectivity index is 2.02. The van der Waals surface area contributed by atoms with Gasteiger partial charge in [-0.2, -0.15) is 0 Å². The number of nitrogens with two attached hydrogens (primary N) is 1. The Hall–Kier alpha value is -0.860. The van der Waals surface area contributed by atoms with Gasteiger partial charge < -0.3 is 10.5 Å². The number of hydrogen-bond acceptors (Lipinski definition) is 2. The van der Waals surface area contributed by atoms with Crippen LogP contribution >= 0.6 is 0 Å². The van der Waals surface area contributed by atoms with E-state index in [4.69, 9.17) is 10.5 Å². The van der Waals surface area contributed by atoms with Crippen molar-refractivity contribution in [2.75, 3.05) is 0 Å². The Morgan fingerprint density at radius 1 is 1.19 bits per heavy atom. The highest BCUT2D eigenvalue weighted by Crippen LogP contribution is 2.32. The Morgan fingerprint density at radius 3 is 2.52 bits per heavy atom. The fraction of sp³-hybridized carbons (Fsp3) is 0.684. The van der Waals surface area contributed by atoms with E-state index in [0.29, 0.717) is 12.0 Å². The smallest absolute Gasteiger partial charge is 0.0794 e. The molecule has 1 fully saturated rings. The maximum Gasteiger partial charge on any atom is 0.0794 e. The van der Waals surface area contributed by atoms with Gasteiger partial charge >= 0.3 is 0 Å². The van der Waals surface area contributed by atoms with Crippen LogP contribution in [-0.4, -0.2) is 12.2 Å². The fourth-order valence-corrected chi connectivity index (χ4v) is 3.48. The Labute approximate surface area is 130 Å². The molecule has 1 aromatic rings. The first-order valence-electron chi connectivity index (χ1n) is 8.57. The SMILES string of the molecule is CCC1CCCC(OC(C(C)C)C(N)c2ccccc2)C1. The molecule has 1 aromatic carbocycles. The Kier molecular flexibility index (Phi) is 6.25. The molecule has 118 valence electrons. The summed E-state index contributed by atoms with van der Waals surface area (Å²) in [5.41, 5.74) is 7.68. The van der Waals surface area contributed by atoms with Crippen LogP contribution in [0.4, 0.5) is 0 Å². The first-order valence-corrected chi connectivity index (χ1v) is 8.57. The number of benzene rings is 1. The van der Waals surface area contributed by atoms with Gasteiger partial charge in [-0.1, -0.05) is 70.4 Å². The molecule has 2 heteroatoms. The van der Waals surface area contributed by atoms with Gasteiger partial charge in [0.2, 0.25) is 0 Å². The second kappa shape index (κ2) is 7.95. The molecular weight excluding hydrogens is 258 g/mol. The van der Waals surface area contributed by atoms with Crippen LogP contribution in [0.3, 0.4) is 0 Å². The third-order valence-corrected chi connectivity index (χ3v) is 4.86. The van der Waals surface area contributed by atoms with Crippen molar-refractivity contribution in [3.63, 3.8) is 0 Å². The summed E-state index contributed by atoms with van der Waals surface area (Å²) in [5.74, 6) is 1.27. The van der Waals surface area contributed by atoms with Gasteiger partial charge in [-0.05, 0) is 30.2 Å². The van der Waals surface area contributed by atoms with Crippen LogP contribution in [0.5, 0.6) is 0 Å².